The minimum absolute atomic E-state index is 0.361. The second kappa shape index (κ2) is 6.59. The molecule has 5 heteroatoms. The van der Waals surface area contributed by atoms with Gasteiger partial charge < -0.3 is 10.6 Å². The Kier molecular flexibility index (Phi) is 5.07. The van der Waals surface area contributed by atoms with Gasteiger partial charge in [-0.2, -0.15) is 0 Å². The number of hydrogen-bond donors (Lipinski definition) is 1. The summed E-state index contributed by atoms with van der Waals surface area (Å²) in [6, 6.07) is 2.43. The van der Waals surface area contributed by atoms with Crippen LogP contribution in [0.2, 0.25) is 0 Å². The van der Waals surface area contributed by atoms with Gasteiger partial charge in [0, 0.05) is 24.0 Å². The molecule has 1 saturated heterocycles. The topological polar surface area (TPSA) is 41.6 Å². The number of aliphatic imine (C=N–C) groups is 1. The molecule has 3 nitrogen and oxygen atoms in total. The Balaban J connectivity index is 0.000000637. The van der Waals surface area contributed by atoms with Crippen molar-refractivity contribution in [3.8, 4) is 0 Å². The Morgan fingerprint density at radius 3 is 2.74 bits per heavy atom. The molecule has 0 radical (unpaired) electrons. The van der Waals surface area contributed by atoms with Crippen LogP contribution in [0.3, 0.4) is 0 Å². The lowest BCUT2D eigenvalue weighted by Crippen LogP contribution is -2.42. The quantitative estimate of drug-likeness (QED) is 0.789. The Morgan fingerprint density at radius 2 is 2.05 bits per heavy atom. The van der Waals surface area contributed by atoms with E-state index in [1.807, 2.05) is 13.8 Å². The second-order valence-corrected chi connectivity index (χ2v) is 6.36. The van der Waals surface area contributed by atoms with Crippen molar-refractivity contribution in [3.63, 3.8) is 0 Å². The van der Waals surface area contributed by atoms with Crippen molar-refractivity contribution >= 4 is 38.9 Å². The molecule has 0 aromatic carbocycles. The highest BCUT2D eigenvalue weighted by Gasteiger charge is 2.24. The van der Waals surface area contributed by atoms with E-state index in [-0.39, 0.29) is 0 Å². The molecule has 104 valence electrons. The van der Waals surface area contributed by atoms with Gasteiger partial charge in [-0.1, -0.05) is 32.2 Å². The minimum atomic E-state index is 0.361. The lowest BCUT2D eigenvalue weighted by molar-refractivity contribution is 0.318. The molecule has 1 fully saturated rings. The van der Waals surface area contributed by atoms with Crippen molar-refractivity contribution in [2.24, 2.45) is 10.7 Å². The molecule has 0 aliphatic carbocycles. The normalized spacial score (nSPS) is 19.4. The first-order valence-corrected chi connectivity index (χ1v) is 8.47. The summed E-state index contributed by atoms with van der Waals surface area (Å²) in [5.74, 6) is 0. The first kappa shape index (κ1) is 14.6. The van der Waals surface area contributed by atoms with E-state index in [4.69, 9.17) is 10.7 Å². The van der Waals surface area contributed by atoms with Crippen molar-refractivity contribution in [1.29, 1.82) is 0 Å². The number of nitrogens with two attached hydrogens (primary N) is 1. The van der Waals surface area contributed by atoms with Crippen LogP contribution < -0.4 is 5.73 Å². The van der Waals surface area contributed by atoms with Crippen LogP contribution in [0.25, 0.3) is 4.91 Å². The maximum atomic E-state index is 5.92. The number of fused-ring (bicyclic) bond motifs is 1. The standard InChI is InChI=1S/C12H15N3S2.C2H6/c1-8-11-10(4-7-16-11)14-12(17-8)15-5-2-9(13)3-6-15;1-2/h4,7,9H,1-3,5-6,13H2;1-2H3. The van der Waals surface area contributed by atoms with E-state index >= 15 is 0 Å². The fourth-order valence-electron chi connectivity index (χ4n) is 2.11. The average Bonchev–Trinajstić information content (AvgIpc) is 2.91. The molecule has 0 atom stereocenters. The summed E-state index contributed by atoms with van der Waals surface area (Å²) >= 11 is 3.41. The van der Waals surface area contributed by atoms with E-state index < -0.39 is 0 Å². The van der Waals surface area contributed by atoms with E-state index in [0.717, 1.165) is 41.7 Å². The molecule has 0 bridgehead atoms. The molecule has 2 N–H and O–H groups in total. The number of thiophene rings is 1. The maximum absolute atomic E-state index is 5.92. The predicted molar refractivity (Wildman–Crippen MR) is 88.2 cm³/mol. The van der Waals surface area contributed by atoms with Gasteiger partial charge in [-0.3, -0.25) is 0 Å². The summed E-state index contributed by atoms with van der Waals surface area (Å²) in [5, 5.41) is 3.17. The minimum Gasteiger partial charge on any atom is -0.351 e. The predicted octanol–water partition coefficient (Wildman–Crippen LogP) is 3.90. The van der Waals surface area contributed by atoms with E-state index in [0.29, 0.717) is 6.04 Å². The van der Waals surface area contributed by atoms with Crippen LogP contribution in [0.4, 0.5) is 5.69 Å². The zero-order chi connectivity index (χ0) is 13.8. The summed E-state index contributed by atoms with van der Waals surface area (Å²) in [4.78, 5) is 9.39. The molecule has 3 rings (SSSR count). The number of amidine groups is 1. The largest absolute Gasteiger partial charge is 0.351 e. The van der Waals surface area contributed by atoms with Crippen molar-refractivity contribution in [1.82, 2.24) is 4.90 Å². The lowest BCUT2D eigenvalue weighted by atomic mass is 10.1. The number of piperidine rings is 1. The van der Waals surface area contributed by atoms with Crippen LogP contribution in [0.5, 0.6) is 0 Å². The third-order valence-corrected chi connectivity index (χ3v) is 5.21. The van der Waals surface area contributed by atoms with Gasteiger partial charge >= 0.3 is 0 Å². The number of hydrogen-bond acceptors (Lipinski definition) is 5. The van der Waals surface area contributed by atoms with Gasteiger partial charge in [0.2, 0.25) is 0 Å². The SMILES string of the molecule is C=C1SC(N2CCC(N)CC2)=Nc2ccsc21.CC. The molecule has 0 saturated carbocycles. The molecule has 1 aromatic heterocycles. The molecule has 2 aliphatic rings. The van der Waals surface area contributed by atoms with Crippen molar-refractivity contribution in [2.75, 3.05) is 13.1 Å². The maximum Gasteiger partial charge on any atom is 0.169 e. The van der Waals surface area contributed by atoms with E-state index in [1.165, 1.54) is 4.88 Å². The van der Waals surface area contributed by atoms with Crippen LogP contribution in [-0.2, 0) is 0 Å². The molecule has 2 aliphatic heterocycles. The Labute approximate surface area is 123 Å². The monoisotopic (exact) mass is 295 g/mol. The zero-order valence-electron chi connectivity index (χ0n) is 11.6. The van der Waals surface area contributed by atoms with Gasteiger partial charge in [-0.05, 0) is 24.3 Å². The smallest absolute Gasteiger partial charge is 0.169 e. The van der Waals surface area contributed by atoms with Crippen molar-refractivity contribution in [3.05, 3.63) is 22.9 Å². The summed E-state index contributed by atoms with van der Waals surface area (Å²) in [6.45, 7) is 10.2. The first-order valence-electron chi connectivity index (χ1n) is 6.78. The Hall–Kier alpha value is -0.780. The van der Waals surface area contributed by atoms with Crippen LogP contribution in [0.1, 0.15) is 31.6 Å². The fraction of sp³-hybridized carbons (Fsp3) is 0.500. The number of thioether (sulfide) groups is 1. The third kappa shape index (κ3) is 3.22. The highest BCUT2D eigenvalue weighted by atomic mass is 32.2. The van der Waals surface area contributed by atoms with Gasteiger partial charge in [-0.15, -0.1) is 11.3 Å². The molecule has 0 spiro atoms. The van der Waals surface area contributed by atoms with Crippen LogP contribution in [-0.4, -0.2) is 29.2 Å². The van der Waals surface area contributed by atoms with Gasteiger partial charge in [0.25, 0.3) is 0 Å². The lowest BCUT2D eigenvalue weighted by Gasteiger charge is -2.33. The number of nitrogens with zero attached hydrogens (tertiary/aromatic N) is 2. The summed E-state index contributed by atoms with van der Waals surface area (Å²) in [7, 11) is 0. The third-order valence-electron chi connectivity index (χ3n) is 3.14. The fourth-order valence-corrected chi connectivity index (χ4v) is 3.95. The van der Waals surface area contributed by atoms with Crippen molar-refractivity contribution in [2.45, 2.75) is 32.7 Å². The van der Waals surface area contributed by atoms with Gasteiger partial charge in [0.15, 0.2) is 5.17 Å². The van der Waals surface area contributed by atoms with Crippen LogP contribution in [0, 0.1) is 0 Å². The number of likely N-dealkylation sites (tertiary alicyclic amines) is 1. The van der Waals surface area contributed by atoms with Crippen LogP contribution in [0.15, 0.2) is 23.0 Å². The highest BCUT2D eigenvalue weighted by Crippen LogP contribution is 2.43. The zero-order valence-corrected chi connectivity index (χ0v) is 13.2. The van der Waals surface area contributed by atoms with Gasteiger partial charge in [-0.25, -0.2) is 4.99 Å². The molecule has 0 unspecified atom stereocenters. The molecule has 19 heavy (non-hydrogen) atoms. The van der Waals surface area contributed by atoms with Crippen LogP contribution >= 0.6 is 23.1 Å². The molecular weight excluding hydrogens is 274 g/mol. The average molecular weight is 295 g/mol. The first-order chi connectivity index (χ1) is 9.24. The van der Waals surface area contributed by atoms with E-state index in [1.54, 1.807) is 23.1 Å². The second-order valence-electron chi connectivity index (χ2n) is 4.38. The van der Waals surface area contributed by atoms with E-state index in [2.05, 4.69) is 22.9 Å². The van der Waals surface area contributed by atoms with E-state index in [9.17, 15) is 0 Å². The van der Waals surface area contributed by atoms with Gasteiger partial charge in [0.05, 0.1) is 10.6 Å². The summed E-state index contributed by atoms with van der Waals surface area (Å²) in [5.41, 5.74) is 7.00. The summed E-state index contributed by atoms with van der Waals surface area (Å²) in [6.07, 6.45) is 2.12. The van der Waals surface area contributed by atoms with Gasteiger partial charge in [0.1, 0.15) is 0 Å². The molecule has 1 aromatic rings. The highest BCUT2D eigenvalue weighted by molar-refractivity contribution is 8.21. The molecular formula is C14H21N3S2. The molecule has 0 amide bonds. The Morgan fingerprint density at radius 1 is 1.37 bits per heavy atom. The molecule has 3 heterocycles. The van der Waals surface area contributed by atoms with Crippen molar-refractivity contribution < 1.29 is 0 Å². The Bertz CT molecular complexity index is 471. The number of rotatable bonds is 0. The summed E-state index contributed by atoms with van der Waals surface area (Å²) < 4.78 is 0.